The van der Waals surface area contributed by atoms with Crippen molar-refractivity contribution in [2.75, 3.05) is 0 Å². The summed E-state index contributed by atoms with van der Waals surface area (Å²) >= 11 is 0. The predicted octanol–water partition coefficient (Wildman–Crippen LogP) is 0.413. The first-order valence-corrected chi connectivity index (χ1v) is 3.72. The summed E-state index contributed by atoms with van der Waals surface area (Å²) in [6, 6.07) is 6.41. The molecule has 68 valence electrons. The van der Waals surface area contributed by atoms with Crippen molar-refractivity contribution in [3.63, 3.8) is 0 Å². The van der Waals surface area contributed by atoms with Crippen LogP contribution < -0.4 is 5.73 Å². The molecule has 0 aliphatic heterocycles. The molecule has 0 saturated heterocycles. The lowest BCUT2D eigenvalue weighted by Gasteiger charge is -2.02. The number of benzene rings is 1. The maximum Gasteiger partial charge on any atom is 0.377 e. The van der Waals surface area contributed by atoms with E-state index in [9.17, 15) is 9.59 Å². The van der Waals surface area contributed by atoms with E-state index in [1.807, 2.05) is 0 Å². The van der Waals surface area contributed by atoms with Crippen LogP contribution in [-0.4, -0.2) is 16.9 Å². The van der Waals surface area contributed by atoms with Crippen molar-refractivity contribution in [2.24, 2.45) is 5.73 Å². The molecular formula is C9H9NO3. The van der Waals surface area contributed by atoms with Crippen molar-refractivity contribution >= 4 is 11.8 Å². The molecule has 0 saturated carbocycles. The lowest BCUT2D eigenvalue weighted by atomic mass is 10.0. The van der Waals surface area contributed by atoms with Crippen LogP contribution in [0.5, 0.6) is 0 Å². The van der Waals surface area contributed by atoms with Crippen LogP contribution >= 0.6 is 0 Å². The van der Waals surface area contributed by atoms with Gasteiger partial charge in [0.25, 0.3) is 5.78 Å². The summed E-state index contributed by atoms with van der Waals surface area (Å²) in [7, 11) is 0. The van der Waals surface area contributed by atoms with E-state index in [0.29, 0.717) is 5.56 Å². The Morgan fingerprint density at radius 1 is 1.31 bits per heavy atom. The first-order chi connectivity index (χ1) is 6.16. The zero-order valence-corrected chi connectivity index (χ0v) is 6.86. The molecule has 0 amide bonds. The fourth-order valence-electron chi connectivity index (χ4n) is 1.04. The molecule has 0 radical (unpaired) electrons. The molecule has 0 unspecified atom stereocenters. The first kappa shape index (κ1) is 9.41. The van der Waals surface area contributed by atoms with Crippen molar-refractivity contribution in [3.8, 4) is 0 Å². The van der Waals surface area contributed by atoms with Gasteiger partial charge in [0.2, 0.25) is 0 Å². The number of nitrogens with two attached hydrogens (primary N) is 1. The van der Waals surface area contributed by atoms with Gasteiger partial charge in [0.05, 0.1) is 0 Å². The van der Waals surface area contributed by atoms with E-state index in [1.165, 1.54) is 6.07 Å². The number of Topliss-reactive ketones (excluding diaryl/α,β-unsaturated/α-hetero) is 1. The van der Waals surface area contributed by atoms with Gasteiger partial charge in [-0.25, -0.2) is 4.79 Å². The summed E-state index contributed by atoms with van der Waals surface area (Å²) in [6.45, 7) is 0.162. The number of hydrogen-bond donors (Lipinski definition) is 2. The summed E-state index contributed by atoms with van der Waals surface area (Å²) in [5.74, 6) is -2.37. The van der Waals surface area contributed by atoms with Crippen LogP contribution in [0.15, 0.2) is 24.3 Å². The molecular weight excluding hydrogens is 170 g/mol. The van der Waals surface area contributed by atoms with Crippen molar-refractivity contribution in [2.45, 2.75) is 6.54 Å². The van der Waals surface area contributed by atoms with Crippen molar-refractivity contribution in [1.29, 1.82) is 0 Å². The standard InChI is InChI=1S/C9H9NO3/c10-5-6-3-1-2-4-7(6)8(11)9(12)13/h1-4H,5,10H2,(H,12,13). The van der Waals surface area contributed by atoms with Crippen LogP contribution in [0.1, 0.15) is 15.9 Å². The van der Waals surface area contributed by atoms with Crippen LogP contribution in [0.3, 0.4) is 0 Å². The number of carbonyl (C=O) groups is 2. The van der Waals surface area contributed by atoms with Gasteiger partial charge < -0.3 is 10.8 Å². The lowest BCUT2D eigenvalue weighted by molar-refractivity contribution is -0.131. The van der Waals surface area contributed by atoms with Crippen LogP contribution in [0.4, 0.5) is 0 Å². The largest absolute Gasteiger partial charge is 0.475 e. The van der Waals surface area contributed by atoms with Gasteiger partial charge in [0.15, 0.2) is 0 Å². The van der Waals surface area contributed by atoms with E-state index < -0.39 is 11.8 Å². The molecule has 4 nitrogen and oxygen atoms in total. The van der Waals surface area contributed by atoms with E-state index in [0.717, 1.165) is 0 Å². The van der Waals surface area contributed by atoms with Crippen molar-refractivity contribution in [1.82, 2.24) is 0 Å². The van der Waals surface area contributed by atoms with Gasteiger partial charge in [-0.1, -0.05) is 24.3 Å². The lowest BCUT2D eigenvalue weighted by Crippen LogP contribution is -2.16. The second kappa shape index (κ2) is 3.82. The minimum atomic E-state index is -1.46. The monoisotopic (exact) mass is 179 g/mol. The Bertz CT molecular complexity index is 346. The minimum Gasteiger partial charge on any atom is -0.475 e. The third-order valence-electron chi connectivity index (χ3n) is 1.68. The molecule has 13 heavy (non-hydrogen) atoms. The maximum atomic E-state index is 11.1. The molecule has 3 N–H and O–H groups in total. The second-order valence-electron chi connectivity index (χ2n) is 2.50. The van der Waals surface area contributed by atoms with E-state index >= 15 is 0 Å². The Hall–Kier alpha value is -1.68. The smallest absolute Gasteiger partial charge is 0.377 e. The van der Waals surface area contributed by atoms with E-state index in [-0.39, 0.29) is 12.1 Å². The number of ketones is 1. The van der Waals surface area contributed by atoms with E-state index in [1.54, 1.807) is 18.2 Å². The molecule has 1 aromatic rings. The first-order valence-electron chi connectivity index (χ1n) is 3.72. The van der Waals surface area contributed by atoms with Crippen molar-refractivity contribution in [3.05, 3.63) is 35.4 Å². The summed E-state index contributed by atoms with van der Waals surface area (Å²) in [5.41, 5.74) is 6.06. The average molecular weight is 179 g/mol. The summed E-state index contributed by atoms with van der Waals surface area (Å²) in [5, 5.41) is 8.47. The van der Waals surface area contributed by atoms with Crippen LogP contribution in [0.2, 0.25) is 0 Å². The predicted molar refractivity (Wildman–Crippen MR) is 46.3 cm³/mol. The molecule has 0 spiro atoms. The highest BCUT2D eigenvalue weighted by Gasteiger charge is 2.16. The highest BCUT2D eigenvalue weighted by Crippen LogP contribution is 2.08. The number of rotatable bonds is 3. The number of carboxylic acids is 1. The van der Waals surface area contributed by atoms with Gasteiger partial charge in [0.1, 0.15) is 0 Å². The van der Waals surface area contributed by atoms with Gasteiger partial charge in [-0.05, 0) is 5.56 Å². The normalized spacial score (nSPS) is 9.62. The Morgan fingerprint density at radius 3 is 2.46 bits per heavy atom. The molecule has 0 heterocycles. The molecule has 0 fully saturated rings. The molecule has 0 bridgehead atoms. The topological polar surface area (TPSA) is 80.4 Å². The molecule has 0 aromatic heterocycles. The number of carbonyl (C=O) groups excluding carboxylic acids is 1. The zero-order chi connectivity index (χ0) is 9.84. The molecule has 0 atom stereocenters. The highest BCUT2D eigenvalue weighted by atomic mass is 16.4. The van der Waals surface area contributed by atoms with E-state index in [2.05, 4.69) is 0 Å². The third kappa shape index (κ3) is 1.91. The molecule has 4 heteroatoms. The quantitative estimate of drug-likeness (QED) is 0.520. The molecule has 0 aliphatic rings. The SMILES string of the molecule is NCc1ccccc1C(=O)C(=O)O. The van der Waals surface area contributed by atoms with Gasteiger partial charge in [-0.15, -0.1) is 0 Å². The van der Waals surface area contributed by atoms with Gasteiger partial charge in [0, 0.05) is 12.1 Å². The Morgan fingerprint density at radius 2 is 1.92 bits per heavy atom. The Labute approximate surface area is 75.0 Å². The van der Waals surface area contributed by atoms with Crippen LogP contribution in [0.25, 0.3) is 0 Å². The number of aliphatic carboxylic acids is 1. The zero-order valence-electron chi connectivity index (χ0n) is 6.86. The Balaban J connectivity index is 3.13. The second-order valence-corrected chi connectivity index (χ2v) is 2.50. The van der Waals surface area contributed by atoms with Crippen molar-refractivity contribution < 1.29 is 14.7 Å². The van der Waals surface area contributed by atoms with Gasteiger partial charge >= 0.3 is 5.97 Å². The number of carboxylic acid groups (broad SMARTS) is 1. The number of hydrogen-bond acceptors (Lipinski definition) is 3. The minimum absolute atomic E-state index is 0.162. The molecule has 1 rings (SSSR count). The fourth-order valence-corrected chi connectivity index (χ4v) is 1.04. The van der Waals surface area contributed by atoms with Crippen LogP contribution in [-0.2, 0) is 11.3 Å². The van der Waals surface area contributed by atoms with Gasteiger partial charge in [-0.2, -0.15) is 0 Å². The van der Waals surface area contributed by atoms with Crippen LogP contribution in [0, 0.1) is 0 Å². The average Bonchev–Trinajstić information content (AvgIpc) is 2.16. The summed E-state index contributed by atoms with van der Waals surface area (Å²) < 4.78 is 0. The summed E-state index contributed by atoms with van der Waals surface area (Å²) in [6.07, 6.45) is 0. The Kier molecular flexibility index (Phi) is 2.76. The van der Waals surface area contributed by atoms with E-state index in [4.69, 9.17) is 10.8 Å². The van der Waals surface area contributed by atoms with Gasteiger partial charge in [-0.3, -0.25) is 4.79 Å². The highest BCUT2D eigenvalue weighted by molar-refractivity contribution is 6.40. The fraction of sp³-hybridized carbons (Fsp3) is 0.111. The maximum absolute atomic E-state index is 11.1. The summed E-state index contributed by atoms with van der Waals surface area (Å²) in [4.78, 5) is 21.4. The molecule has 1 aromatic carbocycles. The molecule has 0 aliphatic carbocycles. The third-order valence-corrected chi connectivity index (χ3v) is 1.68.